The zero-order chi connectivity index (χ0) is 13.1. The van der Waals surface area contributed by atoms with E-state index in [2.05, 4.69) is 0 Å². The standard InChI is InChI=1S/C11H22N2O3/c1-6-13(11(4,5)10(15)16)9(14)7(2)8(3)12/h7-8H,6,12H2,1-5H3,(H,15,16). The summed E-state index contributed by atoms with van der Waals surface area (Å²) in [5.41, 5.74) is 4.45. The van der Waals surface area contributed by atoms with Crippen LogP contribution in [-0.2, 0) is 9.59 Å². The number of hydrogen-bond donors (Lipinski definition) is 2. The highest BCUT2D eigenvalue weighted by Gasteiger charge is 2.38. The SMILES string of the molecule is CCN(C(=O)C(C)C(C)N)C(C)(C)C(=O)O. The number of aliphatic carboxylic acids is 1. The van der Waals surface area contributed by atoms with Crippen LogP contribution in [0.4, 0.5) is 0 Å². The third kappa shape index (κ3) is 2.95. The number of rotatable bonds is 5. The molecule has 0 aromatic heterocycles. The van der Waals surface area contributed by atoms with Crippen molar-refractivity contribution in [1.82, 2.24) is 4.90 Å². The van der Waals surface area contributed by atoms with Gasteiger partial charge < -0.3 is 15.7 Å². The fraction of sp³-hybridized carbons (Fsp3) is 0.818. The van der Waals surface area contributed by atoms with Gasteiger partial charge in [0.25, 0.3) is 0 Å². The number of hydrogen-bond acceptors (Lipinski definition) is 3. The minimum absolute atomic E-state index is 0.218. The van der Waals surface area contributed by atoms with Crippen molar-refractivity contribution >= 4 is 11.9 Å². The maximum absolute atomic E-state index is 12.0. The van der Waals surface area contributed by atoms with Crippen molar-refractivity contribution in [2.45, 2.75) is 46.2 Å². The zero-order valence-corrected chi connectivity index (χ0v) is 10.7. The lowest BCUT2D eigenvalue weighted by molar-refractivity contribution is -0.158. The second-order valence-electron chi connectivity index (χ2n) is 4.59. The highest BCUT2D eigenvalue weighted by atomic mass is 16.4. The Bertz CT molecular complexity index is 274. The van der Waals surface area contributed by atoms with Crippen LogP contribution in [0.2, 0.25) is 0 Å². The molecule has 0 aliphatic rings. The van der Waals surface area contributed by atoms with Crippen molar-refractivity contribution in [3.05, 3.63) is 0 Å². The monoisotopic (exact) mass is 230 g/mol. The normalized spacial score (nSPS) is 15.4. The second-order valence-corrected chi connectivity index (χ2v) is 4.59. The fourth-order valence-corrected chi connectivity index (χ4v) is 1.41. The molecule has 0 radical (unpaired) electrons. The van der Waals surface area contributed by atoms with E-state index < -0.39 is 11.5 Å². The van der Waals surface area contributed by atoms with E-state index in [-0.39, 0.29) is 17.9 Å². The number of carboxylic acid groups (broad SMARTS) is 1. The molecule has 3 N–H and O–H groups in total. The third-order valence-corrected chi connectivity index (χ3v) is 2.96. The topological polar surface area (TPSA) is 83.6 Å². The van der Waals surface area contributed by atoms with E-state index in [4.69, 9.17) is 10.8 Å². The molecule has 2 atom stereocenters. The number of carbonyl (C=O) groups excluding carboxylic acids is 1. The molecule has 0 aromatic carbocycles. The second kappa shape index (κ2) is 5.30. The van der Waals surface area contributed by atoms with Gasteiger partial charge in [-0.15, -0.1) is 0 Å². The van der Waals surface area contributed by atoms with Crippen molar-refractivity contribution in [3.63, 3.8) is 0 Å². The summed E-state index contributed by atoms with van der Waals surface area (Å²) in [7, 11) is 0. The minimum Gasteiger partial charge on any atom is -0.480 e. The summed E-state index contributed by atoms with van der Waals surface area (Å²) in [6.45, 7) is 8.61. The van der Waals surface area contributed by atoms with E-state index in [1.54, 1.807) is 20.8 Å². The number of amides is 1. The Morgan fingerprint density at radius 1 is 1.38 bits per heavy atom. The molecule has 0 aromatic rings. The van der Waals surface area contributed by atoms with Gasteiger partial charge in [0, 0.05) is 12.6 Å². The average molecular weight is 230 g/mol. The number of carboxylic acids is 1. The first kappa shape index (κ1) is 14.9. The molecule has 16 heavy (non-hydrogen) atoms. The van der Waals surface area contributed by atoms with Gasteiger partial charge in [0.1, 0.15) is 5.54 Å². The van der Waals surface area contributed by atoms with E-state index in [0.29, 0.717) is 6.54 Å². The van der Waals surface area contributed by atoms with Crippen LogP contribution in [0.1, 0.15) is 34.6 Å². The Labute approximate surface area is 96.6 Å². The van der Waals surface area contributed by atoms with Crippen molar-refractivity contribution in [1.29, 1.82) is 0 Å². The lowest BCUT2D eigenvalue weighted by Gasteiger charge is -2.36. The van der Waals surface area contributed by atoms with Gasteiger partial charge in [-0.3, -0.25) is 4.79 Å². The zero-order valence-electron chi connectivity index (χ0n) is 10.7. The van der Waals surface area contributed by atoms with Crippen molar-refractivity contribution in [2.24, 2.45) is 11.7 Å². The number of likely N-dealkylation sites (N-methyl/N-ethyl adjacent to an activating group) is 1. The summed E-state index contributed by atoms with van der Waals surface area (Å²) in [6, 6.07) is -0.286. The molecule has 2 unspecified atom stereocenters. The van der Waals surface area contributed by atoms with Crippen LogP contribution < -0.4 is 5.73 Å². The van der Waals surface area contributed by atoms with E-state index in [1.165, 1.54) is 18.7 Å². The Kier molecular flexibility index (Phi) is 4.93. The molecule has 0 aliphatic carbocycles. The highest BCUT2D eigenvalue weighted by molar-refractivity contribution is 5.87. The van der Waals surface area contributed by atoms with Gasteiger partial charge in [0.05, 0.1) is 5.92 Å². The lowest BCUT2D eigenvalue weighted by atomic mass is 9.97. The lowest BCUT2D eigenvalue weighted by Crippen LogP contribution is -2.55. The summed E-state index contributed by atoms with van der Waals surface area (Å²) in [4.78, 5) is 24.5. The number of nitrogens with two attached hydrogens (primary N) is 1. The van der Waals surface area contributed by atoms with Crippen LogP contribution in [0.25, 0.3) is 0 Å². The summed E-state index contributed by atoms with van der Waals surface area (Å²) in [6.07, 6.45) is 0. The number of carbonyl (C=O) groups is 2. The molecule has 0 aliphatic heterocycles. The third-order valence-electron chi connectivity index (χ3n) is 2.96. The predicted molar refractivity (Wildman–Crippen MR) is 61.9 cm³/mol. The quantitative estimate of drug-likeness (QED) is 0.727. The maximum Gasteiger partial charge on any atom is 0.329 e. The first-order valence-corrected chi connectivity index (χ1v) is 5.46. The van der Waals surface area contributed by atoms with Gasteiger partial charge in [0.15, 0.2) is 0 Å². The molecule has 94 valence electrons. The number of nitrogens with zero attached hydrogens (tertiary/aromatic N) is 1. The van der Waals surface area contributed by atoms with Crippen LogP contribution in [0.5, 0.6) is 0 Å². The van der Waals surface area contributed by atoms with Gasteiger partial charge in [-0.25, -0.2) is 4.79 Å². The molecule has 0 saturated heterocycles. The maximum atomic E-state index is 12.0. The Morgan fingerprint density at radius 2 is 1.81 bits per heavy atom. The van der Waals surface area contributed by atoms with Crippen molar-refractivity contribution in [3.8, 4) is 0 Å². The predicted octanol–water partition coefficient (Wildman–Crippen LogP) is 0.681. The van der Waals surface area contributed by atoms with Crippen molar-refractivity contribution < 1.29 is 14.7 Å². The van der Waals surface area contributed by atoms with Crippen LogP contribution in [0.3, 0.4) is 0 Å². The first-order valence-electron chi connectivity index (χ1n) is 5.46. The Morgan fingerprint density at radius 3 is 2.06 bits per heavy atom. The molecule has 5 nitrogen and oxygen atoms in total. The minimum atomic E-state index is -1.20. The fourth-order valence-electron chi connectivity index (χ4n) is 1.41. The molecule has 0 fully saturated rings. The molecule has 0 rings (SSSR count). The van der Waals surface area contributed by atoms with Crippen LogP contribution in [-0.4, -0.2) is 40.0 Å². The molecule has 0 bridgehead atoms. The molecule has 0 heterocycles. The Hall–Kier alpha value is -1.10. The summed E-state index contributed by atoms with van der Waals surface area (Å²) in [5, 5.41) is 9.09. The van der Waals surface area contributed by atoms with E-state index in [0.717, 1.165) is 0 Å². The molecule has 1 amide bonds. The van der Waals surface area contributed by atoms with Crippen LogP contribution in [0.15, 0.2) is 0 Å². The summed E-state index contributed by atoms with van der Waals surface area (Å²) in [5.74, 6) is -1.61. The van der Waals surface area contributed by atoms with Gasteiger partial charge in [0.2, 0.25) is 5.91 Å². The van der Waals surface area contributed by atoms with Gasteiger partial charge in [-0.1, -0.05) is 6.92 Å². The smallest absolute Gasteiger partial charge is 0.329 e. The van der Waals surface area contributed by atoms with Crippen LogP contribution in [0, 0.1) is 5.92 Å². The molecule has 5 heteroatoms. The molecular formula is C11H22N2O3. The van der Waals surface area contributed by atoms with Crippen LogP contribution >= 0.6 is 0 Å². The first-order chi connectivity index (χ1) is 7.16. The van der Waals surface area contributed by atoms with Crippen molar-refractivity contribution in [2.75, 3.05) is 6.54 Å². The summed E-state index contributed by atoms with van der Waals surface area (Å²) >= 11 is 0. The molecular weight excluding hydrogens is 208 g/mol. The van der Waals surface area contributed by atoms with E-state index in [1.807, 2.05) is 0 Å². The molecule has 0 saturated carbocycles. The van der Waals surface area contributed by atoms with Gasteiger partial charge >= 0.3 is 5.97 Å². The van der Waals surface area contributed by atoms with Gasteiger partial charge in [-0.05, 0) is 27.7 Å². The van der Waals surface area contributed by atoms with E-state index >= 15 is 0 Å². The largest absolute Gasteiger partial charge is 0.480 e. The Balaban J connectivity index is 5.01. The van der Waals surface area contributed by atoms with E-state index in [9.17, 15) is 9.59 Å². The average Bonchev–Trinajstić information content (AvgIpc) is 2.16. The summed E-state index contributed by atoms with van der Waals surface area (Å²) < 4.78 is 0. The highest BCUT2D eigenvalue weighted by Crippen LogP contribution is 2.18. The van der Waals surface area contributed by atoms with Gasteiger partial charge in [-0.2, -0.15) is 0 Å². The molecule has 0 spiro atoms.